The Kier molecular flexibility index (Phi) is 5.62. The van der Waals surface area contributed by atoms with Crippen LogP contribution in [0.1, 0.15) is 34.7 Å². The first-order valence-corrected chi connectivity index (χ1v) is 11.7. The van der Waals surface area contributed by atoms with Crippen LogP contribution in [0.5, 0.6) is 0 Å². The molecule has 1 aliphatic heterocycles. The van der Waals surface area contributed by atoms with Crippen LogP contribution in [0.15, 0.2) is 39.6 Å². The van der Waals surface area contributed by atoms with Gasteiger partial charge in [-0.25, -0.2) is 22.0 Å². The lowest BCUT2D eigenvalue weighted by Gasteiger charge is -2.14. The molecule has 1 aromatic carbocycles. The highest BCUT2D eigenvalue weighted by molar-refractivity contribution is 7.89. The van der Waals surface area contributed by atoms with E-state index in [9.17, 15) is 21.6 Å². The zero-order valence-electron chi connectivity index (χ0n) is 15.2. The minimum Gasteiger partial charge on any atom is -0.455 e. The molecule has 1 fully saturated rings. The highest BCUT2D eigenvalue weighted by Crippen LogP contribution is 2.27. The number of amides is 1. The fraction of sp³-hybridized carbons (Fsp3) is 0.353. The van der Waals surface area contributed by atoms with E-state index < -0.39 is 26.0 Å². The standard InChI is InChI=1S/C17H21N3O6S2/c1-12-16(28(24,25)20-7-2-3-8-20)10-15(26-12)17(21)19-14-6-4-5-13(9-14)11-27(18,22)23/h4-6,9-10H,2-3,7-8,11H2,1H3,(H,19,21)(H2,18,22,23). The summed E-state index contributed by atoms with van der Waals surface area (Å²) in [7, 11) is -7.41. The van der Waals surface area contributed by atoms with E-state index in [0.29, 0.717) is 24.3 Å². The number of anilines is 1. The summed E-state index contributed by atoms with van der Waals surface area (Å²) in [4.78, 5) is 12.4. The molecule has 2 heterocycles. The summed E-state index contributed by atoms with van der Waals surface area (Å²) in [6.45, 7) is 2.39. The summed E-state index contributed by atoms with van der Waals surface area (Å²) in [6, 6.07) is 7.40. The van der Waals surface area contributed by atoms with Crippen molar-refractivity contribution >= 4 is 31.6 Å². The first-order chi connectivity index (χ1) is 13.1. The third-order valence-electron chi connectivity index (χ3n) is 4.33. The van der Waals surface area contributed by atoms with E-state index in [2.05, 4.69) is 5.32 Å². The van der Waals surface area contributed by atoms with Crippen LogP contribution in [0.3, 0.4) is 0 Å². The van der Waals surface area contributed by atoms with Gasteiger partial charge in [0.05, 0.1) is 5.75 Å². The van der Waals surface area contributed by atoms with Crippen molar-refractivity contribution in [2.45, 2.75) is 30.4 Å². The van der Waals surface area contributed by atoms with Crippen molar-refractivity contribution in [1.29, 1.82) is 0 Å². The third-order valence-corrected chi connectivity index (χ3v) is 7.07. The lowest BCUT2D eigenvalue weighted by Crippen LogP contribution is -2.28. The Hall–Kier alpha value is -2.21. The van der Waals surface area contributed by atoms with Crippen molar-refractivity contribution in [3.8, 4) is 0 Å². The van der Waals surface area contributed by atoms with Gasteiger partial charge in [0.15, 0.2) is 5.76 Å². The van der Waals surface area contributed by atoms with Crippen molar-refractivity contribution < 1.29 is 26.0 Å². The van der Waals surface area contributed by atoms with Crippen LogP contribution in [0.2, 0.25) is 0 Å². The van der Waals surface area contributed by atoms with Crippen molar-refractivity contribution in [3.63, 3.8) is 0 Å². The normalized spacial score (nSPS) is 15.6. The minimum absolute atomic E-state index is 0.0254. The van der Waals surface area contributed by atoms with Gasteiger partial charge >= 0.3 is 0 Å². The number of aryl methyl sites for hydroxylation is 1. The van der Waals surface area contributed by atoms with Crippen molar-refractivity contribution in [3.05, 3.63) is 47.4 Å². The number of hydrogen-bond donors (Lipinski definition) is 2. The molecule has 1 saturated heterocycles. The van der Waals surface area contributed by atoms with Crippen LogP contribution in [-0.4, -0.2) is 40.1 Å². The molecule has 1 aliphatic rings. The van der Waals surface area contributed by atoms with Crippen molar-refractivity contribution in [1.82, 2.24) is 4.31 Å². The second kappa shape index (κ2) is 7.66. The number of hydrogen-bond acceptors (Lipinski definition) is 6. The first-order valence-electron chi connectivity index (χ1n) is 8.57. The molecule has 28 heavy (non-hydrogen) atoms. The topological polar surface area (TPSA) is 140 Å². The molecular formula is C17H21N3O6S2. The maximum absolute atomic E-state index is 12.7. The van der Waals surface area contributed by atoms with Gasteiger partial charge in [-0.05, 0) is 37.5 Å². The number of benzene rings is 1. The van der Waals surface area contributed by atoms with Gasteiger partial charge in [-0.3, -0.25) is 4.79 Å². The van der Waals surface area contributed by atoms with Gasteiger partial charge in [0.1, 0.15) is 10.7 Å². The maximum Gasteiger partial charge on any atom is 0.291 e. The number of nitrogens with zero attached hydrogens (tertiary/aromatic N) is 1. The molecule has 3 rings (SSSR count). The van der Waals surface area contributed by atoms with Gasteiger partial charge in [0.2, 0.25) is 20.0 Å². The van der Waals surface area contributed by atoms with Gasteiger partial charge in [-0.15, -0.1) is 0 Å². The molecule has 0 spiro atoms. The smallest absolute Gasteiger partial charge is 0.291 e. The summed E-state index contributed by atoms with van der Waals surface area (Å²) in [5.41, 5.74) is 0.748. The Labute approximate surface area is 163 Å². The Morgan fingerprint density at radius 2 is 1.86 bits per heavy atom. The fourth-order valence-electron chi connectivity index (χ4n) is 3.06. The first kappa shape index (κ1) is 20.5. The lowest BCUT2D eigenvalue weighted by atomic mass is 10.2. The molecule has 1 aromatic heterocycles. The molecule has 1 amide bonds. The number of nitrogens with two attached hydrogens (primary N) is 1. The molecule has 3 N–H and O–H groups in total. The summed E-state index contributed by atoms with van der Waals surface area (Å²) >= 11 is 0. The van der Waals surface area contributed by atoms with Crippen LogP contribution in [0, 0.1) is 6.92 Å². The average Bonchev–Trinajstić information content (AvgIpc) is 3.23. The molecule has 0 radical (unpaired) electrons. The van der Waals surface area contributed by atoms with Gasteiger partial charge in [0, 0.05) is 24.8 Å². The Bertz CT molecular complexity index is 1100. The van der Waals surface area contributed by atoms with E-state index in [1.165, 1.54) is 23.4 Å². The SMILES string of the molecule is Cc1oc(C(=O)Nc2cccc(CS(N)(=O)=O)c2)cc1S(=O)(=O)N1CCCC1. The highest BCUT2D eigenvalue weighted by Gasteiger charge is 2.31. The average molecular weight is 428 g/mol. The molecular weight excluding hydrogens is 406 g/mol. The van der Waals surface area contributed by atoms with Gasteiger partial charge in [-0.2, -0.15) is 4.31 Å². The molecule has 0 aliphatic carbocycles. The molecule has 0 unspecified atom stereocenters. The molecule has 0 atom stereocenters. The molecule has 0 bridgehead atoms. The largest absolute Gasteiger partial charge is 0.455 e. The quantitative estimate of drug-likeness (QED) is 0.714. The van der Waals surface area contributed by atoms with Crippen LogP contribution in [0.25, 0.3) is 0 Å². The van der Waals surface area contributed by atoms with Crippen molar-refractivity contribution in [2.75, 3.05) is 18.4 Å². The predicted octanol–water partition coefficient (Wildman–Crippen LogP) is 1.41. The zero-order valence-corrected chi connectivity index (χ0v) is 16.8. The Balaban J connectivity index is 1.80. The molecule has 152 valence electrons. The van der Waals surface area contributed by atoms with Crippen LogP contribution < -0.4 is 10.5 Å². The number of carbonyl (C=O) groups is 1. The van der Waals surface area contributed by atoms with E-state index in [-0.39, 0.29) is 22.2 Å². The monoisotopic (exact) mass is 427 g/mol. The van der Waals surface area contributed by atoms with Crippen LogP contribution in [0.4, 0.5) is 5.69 Å². The summed E-state index contributed by atoms with van der Waals surface area (Å²) in [5.74, 6) is -1.01. The fourth-order valence-corrected chi connectivity index (χ4v) is 5.39. The molecule has 11 heteroatoms. The number of furan rings is 1. The second-order valence-electron chi connectivity index (χ2n) is 6.60. The number of rotatable bonds is 6. The Morgan fingerprint density at radius 3 is 2.50 bits per heavy atom. The number of primary sulfonamides is 1. The van der Waals surface area contributed by atoms with E-state index >= 15 is 0 Å². The van der Waals surface area contributed by atoms with Crippen LogP contribution >= 0.6 is 0 Å². The molecule has 9 nitrogen and oxygen atoms in total. The van der Waals surface area contributed by atoms with E-state index in [4.69, 9.17) is 9.56 Å². The predicted molar refractivity (Wildman–Crippen MR) is 103 cm³/mol. The summed E-state index contributed by atoms with van der Waals surface area (Å²) in [6.07, 6.45) is 1.61. The maximum atomic E-state index is 12.7. The summed E-state index contributed by atoms with van der Waals surface area (Å²) in [5, 5.41) is 7.60. The van der Waals surface area contributed by atoms with Gasteiger partial charge in [0.25, 0.3) is 5.91 Å². The lowest BCUT2D eigenvalue weighted by molar-refractivity contribution is 0.0995. The molecule has 0 saturated carbocycles. The number of sulfonamides is 2. The number of carbonyl (C=O) groups excluding carboxylic acids is 1. The molecule has 2 aromatic rings. The minimum atomic E-state index is -3.70. The van der Waals surface area contributed by atoms with Gasteiger partial charge in [-0.1, -0.05) is 12.1 Å². The Morgan fingerprint density at radius 1 is 1.18 bits per heavy atom. The zero-order chi connectivity index (χ0) is 20.5. The van der Waals surface area contributed by atoms with Crippen molar-refractivity contribution in [2.24, 2.45) is 5.14 Å². The van der Waals surface area contributed by atoms with E-state index in [0.717, 1.165) is 12.8 Å². The van der Waals surface area contributed by atoms with E-state index in [1.807, 2.05) is 0 Å². The second-order valence-corrected chi connectivity index (χ2v) is 10.1. The third kappa shape index (κ3) is 4.61. The van der Waals surface area contributed by atoms with Crippen LogP contribution in [-0.2, 0) is 25.8 Å². The van der Waals surface area contributed by atoms with E-state index in [1.54, 1.807) is 18.2 Å². The van der Waals surface area contributed by atoms with Gasteiger partial charge < -0.3 is 9.73 Å². The summed E-state index contributed by atoms with van der Waals surface area (Å²) < 4.78 is 54.6. The highest BCUT2D eigenvalue weighted by atomic mass is 32.2. The number of nitrogens with one attached hydrogen (secondary N) is 1.